The molecule has 2 N–H and O–H groups in total. The van der Waals surface area contributed by atoms with Crippen molar-refractivity contribution in [1.82, 2.24) is 10.3 Å². The third-order valence-electron chi connectivity index (χ3n) is 4.75. The summed E-state index contributed by atoms with van der Waals surface area (Å²) in [6.45, 7) is 11.0. The van der Waals surface area contributed by atoms with Gasteiger partial charge in [-0.25, -0.2) is 4.98 Å². The molecule has 0 saturated heterocycles. The molecular weight excluding hydrogens is 362 g/mol. The molecule has 1 aliphatic heterocycles. The van der Waals surface area contributed by atoms with Crippen LogP contribution in [0.4, 0.5) is 5.69 Å². The van der Waals surface area contributed by atoms with E-state index in [9.17, 15) is 4.79 Å². The van der Waals surface area contributed by atoms with Gasteiger partial charge in [0.1, 0.15) is 5.15 Å². The number of fused-ring (bicyclic) bond motifs is 1. The summed E-state index contributed by atoms with van der Waals surface area (Å²) in [4.78, 5) is 17.0. The highest BCUT2D eigenvalue weighted by Crippen LogP contribution is 2.36. The lowest BCUT2D eigenvalue weighted by atomic mass is 9.86. The number of rotatable bonds is 5. The van der Waals surface area contributed by atoms with Gasteiger partial charge in [0.05, 0.1) is 12.1 Å². The van der Waals surface area contributed by atoms with Crippen molar-refractivity contribution in [1.29, 1.82) is 0 Å². The Labute approximate surface area is 165 Å². The number of hydrogen-bond donors (Lipinski definition) is 2. The minimum absolute atomic E-state index is 0.0382. The molecule has 1 atom stereocenters. The number of halogens is 1. The van der Waals surface area contributed by atoms with E-state index in [1.807, 2.05) is 45.0 Å². The molecule has 1 aliphatic rings. The summed E-state index contributed by atoms with van der Waals surface area (Å²) in [6, 6.07) is 9.10. The van der Waals surface area contributed by atoms with Crippen molar-refractivity contribution in [2.45, 2.75) is 52.2 Å². The minimum Gasteiger partial charge on any atom is -0.475 e. The Morgan fingerprint density at radius 3 is 2.70 bits per heavy atom. The lowest BCUT2D eigenvalue weighted by molar-refractivity contribution is 0.0939. The quantitative estimate of drug-likeness (QED) is 0.729. The zero-order chi connectivity index (χ0) is 19.8. The van der Waals surface area contributed by atoms with E-state index in [2.05, 4.69) is 29.5 Å². The van der Waals surface area contributed by atoms with Crippen molar-refractivity contribution in [2.75, 3.05) is 11.9 Å². The van der Waals surface area contributed by atoms with Crippen LogP contribution in [0, 0.1) is 0 Å². The molecule has 6 heteroatoms. The highest BCUT2D eigenvalue weighted by atomic mass is 35.5. The largest absolute Gasteiger partial charge is 0.475 e. The molecule has 0 saturated carbocycles. The Hall–Kier alpha value is -2.27. The fraction of sp³-hybridized carbons (Fsp3) is 0.429. The summed E-state index contributed by atoms with van der Waals surface area (Å²) >= 11 is 6.00. The zero-order valence-corrected chi connectivity index (χ0v) is 17.1. The number of nitrogens with zero attached hydrogens (tertiary/aromatic N) is 1. The molecule has 3 rings (SSSR count). The van der Waals surface area contributed by atoms with Crippen LogP contribution in [-0.2, 0) is 5.41 Å². The summed E-state index contributed by atoms with van der Waals surface area (Å²) in [7, 11) is 0. The van der Waals surface area contributed by atoms with E-state index < -0.39 is 0 Å². The van der Waals surface area contributed by atoms with Crippen molar-refractivity contribution in [2.24, 2.45) is 0 Å². The molecular formula is C21H26ClN3O2. The average Bonchev–Trinajstić information content (AvgIpc) is 2.89. The van der Waals surface area contributed by atoms with Gasteiger partial charge in [-0.3, -0.25) is 4.79 Å². The van der Waals surface area contributed by atoms with Gasteiger partial charge in [-0.05, 0) is 50.6 Å². The number of nitrogens with one attached hydrogen (secondary N) is 2. The van der Waals surface area contributed by atoms with Crippen LogP contribution in [0.25, 0.3) is 0 Å². The second-order valence-corrected chi connectivity index (χ2v) is 8.28. The fourth-order valence-corrected chi connectivity index (χ4v) is 3.41. The Balaban J connectivity index is 1.79. The maximum absolute atomic E-state index is 12.8. The van der Waals surface area contributed by atoms with Gasteiger partial charge in [0, 0.05) is 28.8 Å². The molecule has 2 heterocycles. The smallest absolute Gasteiger partial charge is 0.251 e. The number of amides is 1. The van der Waals surface area contributed by atoms with Crippen LogP contribution >= 0.6 is 11.6 Å². The average molecular weight is 388 g/mol. The highest BCUT2D eigenvalue weighted by Gasteiger charge is 2.30. The molecule has 2 aromatic rings. The summed E-state index contributed by atoms with van der Waals surface area (Å²) in [5.41, 5.74) is 3.76. The van der Waals surface area contributed by atoms with E-state index >= 15 is 0 Å². The van der Waals surface area contributed by atoms with Gasteiger partial charge in [0.25, 0.3) is 5.91 Å². The second-order valence-electron chi connectivity index (χ2n) is 7.89. The molecule has 1 aromatic carbocycles. The Bertz CT molecular complexity index is 865. The first-order chi connectivity index (χ1) is 12.7. The van der Waals surface area contributed by atoms with Gasteiger partial charge < -0.3 is 15.4 Å². The van der Waals surface area contributed by atoms with E-state index in [0.717, 1.165) is 17.8 Å². The van der Waals surface area contributed by atoms with Crippen molar-refractivity contribution in [3.05, 3.63) is 52.2 Å². The van der Waals surface area contributed by atoms with E-state index in [1.54, 1.807) is 6.07 Å². The lowest BCUT2D eigenvalue weighted by Gasteiger charge is -2.20. The standard InChI is InChI=1S/C21H26ClN3O2/c1-12(2)27-20-15(7-9-18(22)25-20)13(3)24-19(26)14-6-8-16-17(10-14)23-11-21(16,4)5/h6-10,12-13,23H,11H2,1-5H3,(H,24,26)/t13-/m0/s1. The molecule has 5 nitrogen and oxygen atoms in total. The lowest BCUT2D eigenvalue weighted by Crippen LogP contribution is -2.27. The highest BCUT2D eigenvalue weighted by molar-refractivity contribution is 6.29. The number of hydrogen-bond acceptors (Lipinski definition) is 4. The molecule has 0 radical (unpaired) electrons. The normalized spacial score (nSPS) is 15.8. The maximum atomic E-state index is 12.8. The molecule has 1 aromatic heterocycles. The van der Waals surface area contributed by atoms with Crippen molar-refractivity contribution in [3.63, 3.8) is 0 Å². The van der Waals surface area contributed by atoms with Crippen molar-refractivity contribution in [3.8, 4) is 5.88 Å². The minimum atomic E-state index is -0.270. The number of aromatic nitrogens is 1. The molecule has 144 valence electrons. The van der Waals surface area contributed by atoms with Gasteiger partial charge in [0.15, 0.2) is 0 Å². The number of pyridine rings is 1. The summed E-state index contributed by atoms with van der Waals surface area (Å²) < 4.78 is 5.76. The maximum Gasteiger partial charge on any atom is 0.251 e. The first-order valence-electron chi connectivity index (χ1n) is 9.20. The van der Waals surface area contributed by atoms with E-state index in [0.29, 0.717) is 16.6 Å². The first kappa shape index (κ1) is 19.5. The van der Waals surface area contributed by atoms with Crippen LogP contribution in [0.1, 0.15) is 62.1 Å². The number of anilines is 1. The molecule has 0 unspecified atom stereocenters. The Morgan fingerprint density at radius 2 is 2.00 bits per heavy atom. The monoisotopic (exact) mass is 387 g/mol. The van der Waals surface area contributed by atoms with Crippen molar-refractivity contribution < 1.29 is 9.53 Å². The third kappa shape index (κ3) is 4.19. The predicted octanol–water partition coefficient (Wildman–Crippen LogP) is 4.72. The van der Waals surface area contributed by atoms with Crippen LogP contribution < -0.4 is 15.4 Å². The molecule has 27 heavy (non-hydrogen) atoms. The number of carbonyl (C=O) groups is 1. The molecule has 1 amide bonds. The Kier molecular flexibility index (Phi) is 5.33. The van der Waals surface area contributed by atoms with E-state index in [-0.39, 0.29) is 23.5 Å². The first-order valence-corrected chi connectivity index (χ1v) is 9.57. The SMILES string of the molecule is CC(C)Oc1nc(Cl)ccc1[C@H](C)NC(=O)c1ccc2c(c1)NCC2(C)C. The topological polar surface area (TPSA) is 63.2 Å². The van der Waals surface area contributed by atoms with E-state index in [1.165, 1.54) is 5.56 Å². The summed E-state index contributed by atoms with van der Waals surface area (Å²) in [5, 5.41) is 6.77. The van der Waals surface area contributed by atoms with Crippen LogP contribution in [0.15, 0.2) is 30.3 Å². The van der Waals surface area contributed by atoms with Crippen LogP contribution in [0.3, 0.4) is 0 Å². The molecule has 0 aliphatic carbocycles. The van der Waals surface area contributed by atoms with Gasteiger partial charge in [-0.15, -0.1) is 0 Å². The molecule has 0 bridgehead atoms. The zero-order valence-electron chi connectivity index (χ0n) is 16.4. The predicted molar refractivity (Wildman–Crippen MR) is 109 cm³/mol. The third-order valence-corrected chi connectivity index (χ3v) is 4.96. The van der Waals surface area contributed by atoms with Gasteiger partial charge in [-0.1, -0.05) is 31.5 Å². The van der Waals surface area contributed by atoms with E-state index in [4.69, 9.17) is 16.3 Å². The summed E-state index contributed by atoms with van der Waals surface area (Å²) in [6.07, 6.45) is -0.0382. The fourth-order valence-electron chi connectivity index (χ4n) is 3.27. The molecule has 0 spiro atoms. The molecule has 0 fully saturated rings. The van der Waals surface area contributed by atoms with Gasteiger partial charge in [-0.2, -0.15) is 0 Å². The number of carbonyl (C=O) groups excluding carboxylic acids is 1. The van der Waals surface area contributed by atoms with Crippen LogP contribution in [-0.4, -0.2) is 23.5 Å². The second kappa shape index (κ2) is 7.39. The van der Waals surface area contributed by atoms with Gasteiger partial charge >= 0.3 is 0 Å². The van der Waals surface area contributed by atoms with Crippen molar-refractivity contribution >= 4 is 23.2 Å². The number of benzene rings is 1. The summed E-state index contributed by atoms with van der Waals surface area (Å²) in [5.74, 6) is 0.310. The van der Waals surface area contributed by atoms with Gasteiger partial charge in [0.2, 0.25) is 5.88 Å². The van der Waals surface area contributed by atoms with Crippen LogP contribution in [0.5, 0.6) is 5.88 Å². The Morgan fingerprint density at radius 1 is 1.26 bits per heavy atom. The number of ether oxygens (including phenoxy) is 1. The van der Waals surface area contributed by atoms with Crippen LogP contribution in [0.2, 0.25) is 5.15 Å².